The second-order valence-electron chi connectivity index (χ2n) is 16.8. The number of rotatable bonds is 6. The number of benzene rings is 1. The number of hydrogen-bond acceptors (Lipinski definition) is 9. The lowest BCUT2D eigenvalue weighted by molar-refractivity contribution is -0.143. The van der Waals surface area contributed by atoms with Gasteiger partial charge in [-0.25, -0.2) is 13.2 Å². The van der Waals surface area contributed by atoms with Crippen molar-refractivity contribution >= 4 is 44.6 Å². The number of pyridine rings is 1. The number of aromatic nitrogens is 1. The van der Waals surface area contributed by atoms with E-state index < -0.39 is 74.1 Å². The maximum Gasteiger partial charge on any atom is 0.408 e. The third-order valence-corrected chi connectivity index (χ3v) is 13.5. The van der Waals surface area contributed by atoms with Gasteiger partial charge in [-0.3, -0.25) is 28.5 Å². The first-order valence-electron chi connectivity index (χ1n) is 19.3. The van der Waals surface area contributed by atoms with E-state index >= 15 is 0 Å². The highest BCUT2D eigenvalue weighted by molar-refractivity contribution is 7.91. The molecule has 1 aromatic carbocycles. The van der Waals surface area contributed by atoms with E-state index in [1.807, 2.05) is 18.2 Å². The van der Waals surface area contributed by atoms with Gasteiger partial charge in [0.25, 0.3) is 11.5 Å². The predicted octanol–water partition coefficient (Wildman–Crippen LogP) is 3.68. The Labute approximate surface area is 321 Å². The number of ether oxygens (including phenoxy) is 2. The van der Waals surface area contributed by atoms with Crippen LogP contribution in [0.4, 0.5) is 4.79 Å². The molecule has 2 aliphatic heterocycles. The molecule has 2 aromatic rings. The van der Waals surface area contributed by atoms with Crippen molar-refractivity contribution in [3.05, 3.63) is 65.5 Å². The molecule has 3 N–H and O–H groups in total. The Bertz CT molecular complexity index is 2090. The SMILES string of the molecule is C=C[C@@H]1C[C@]1(NC(=O)[C@@H]1C[C@@H]2CN1C(=O)[C@H](C(C)(C)C)NC(=O)O[C@@H]1CCC[C@H]1C/C=C/CCn1c(cc3ccccc3c1=O)O2)C(=O)NS(=O)(=O)C1CC1. The molecule has 3 saturated carbocycles. The van der Waals surface area contributed by atoms with E-state index in [4.69, 9.17) is 9.47 Å². The Balaban J connectivity index is 1.24. The van der Waals surface area contributed by atoms with E-state index in [1.54, 1.807) is 43.5 Å². The average Bonchev–Trinajstić information content (AvgIpc) is 4.02. The van der Waals surface area contributed by atoms with Crippen molar-refractivity contribution in [2.45, 2.75) is 120 Å². The summed E-state index contributed by atoms with van der Waals surface area (Å²) in [7, 11) is -3.92. The highest BCUT2D eigenvalue weighted by Crippen LogP contribution is 2.45. The molecule has 55 heavy (non-hydrogen) atoms. The van der Waals surface area contributed by atoms with Gasteiger partial charge in [-0.15, -0.1) is 6.58 Å². The van der Waals surface area contributed by atoms with Crippen LogP contribution >= 0.6 is 0 Å². The summed E-state index contributed by atoms with van der Waals surface area (Å²) in [6, 6.07) is 6.71. The molecule has 4 amide bonds. The Morgan fingerprint density at radius 2 is 1.82 bits per heavy atom. The van der Waals surface area contributed by atoms with Crippen molar-refractivity contribution in [2.24, 2.45) is 17.3 Å². The molecule has 3 aliphatic carbocycles. The molecule has 0 radical (unpaired) electrons. The van der Waals surface area contributed by atoms with Gasteiger partial charge < -0.3 is 25.0 Å². The average molecular weight is 778 g/mol. The molecule has 2 bridgehead atoms. The lowest BCUT2D eigenvalue weighted by Crippen LogP contribution is -2.60. The van der Waals surface area contributed by atoms with Gasteiger partial charge in [0.05, 0.1) is 11.8 Å². The zero-order valence-electron chi connectivity index (χ0n) is 31.6. The van der Waals surface area contributed by atoms with Crippen LogP contribution in [0.3, 0.4) is 0 Å². The second-order valence-corrected chi connectivity index (χ2v) is 18.7. The summed E-state index contributed by atoms with van der Waals surface area (Å²) in [6.07, 6.45) is 8.48. The van der Waals surface area contributed by atoms with Gasteiger partial charge in [0.2, 0.25) is 21.8 Å². The molecule has 4 fully saturated rings. The summed E-state index contributed by atoms with van der Waals surface area (Å²) in [5, 5.41) is 6.17. The molecule has 296 valence electrons. The van der Waals surface area contributed by atoms with Crippen LogP contribution in [0.1, 0.15) is 78.6 Å². The number of sulfonamides is 1. The Kier molecular flexibility index (Phi) is 10.4. The van der Waals surface area contributed by atoms with Crippen molar-refractivity contribution in [3.8, 4) is 5.88 Å². The first kappa shape index (κ1) is 38.6. The van der Waals surface area contributed by atoms with Crippen molar-refractivity contribution in [2.75, 3.05) is 6.54 Å². The van der Waals surface area contributed by atoms with Gasteiger partial charge in [0, 0.05) is 30.3 Å². The van der Waals surface area contributed by atoms with Gasteiger partial charge in [0.15, 0.2) is 5.88 Å². The predicted molar refractivity (Wildman–Crippen MR) is 204 cm³/mol. The van der Waals surface area contributed by atoms with Gasteiger partial charge in [-0.05, 0) is 74.2 Å². The van der Waals surface area contributed by atoms with E-state index in [9.17, 15) is 32.4 Å². The summed E-state index contributed by atoms with van der Waals surface area (Å²) in [5.41, 5.74) is -2.62. The molecule has 1 saturated heterocycles. The Morgan fingerprint density at radius 1 is 1.05 bits per heavy atom. The van der Waals surface area contributed by atoms with E-state index in [0.717, 1.165) is 12.8 Å². The molecular weight excluding hydrogens is 727 g/mol. The quantitative estimate of drug-likeness (QED) is 0.369. The minimum absolute atomic E-state index is 0.0135. The number of carbonyl (C=O) groups is 4. The fraction of sp³-hybridized carbons (Fsp3) is 0.575. The molecule has 0 spiro atoms. The summed E-state index contributed by atoms with van der Waals surface area (Å²) < 4.78 is 41.7. The van der Waals surface area contributed by atoms with E-state index in [2.05, 4.69) is 28.0 Å². The topological polar surface area (TPSA) is 182 Å². The summed E-state index contributed by atoms with van der Waals surface area (Å²) >= 11 is 0. The van der Waals surface area contributed by atoms with E-state index in [0.29, 0.717) is 49.4 Å². The molecule has 7 atom stereocenters. The molecular formula is C40H51N5O9S. The standard InChI is InChI=1S/C40H51N5O9S/c1-5-26-22-40(26,37(49)43-55(51,52)28-17-18-28)42-34(46)30-21-27-23-45(30)36(48)33(39(2,3)4)41-38(50)54-31-16-11-14-24(31)12-7-6-10-19-44-32(53-27)20-25-13-8-9-15-29(25)35(44)47/h5-9,13,15,20,24,26-28,30-31,33H,1,10-12,14,16-19,21-23H2,2-4H3,(H,41,50)(H,42,46)(H,43,49)/b7-6+/t24-,26-,27-,30+,31-,33-,40-/m1/s1. The highest BCUT2D eigenvalue weighted by atomic mass is 32.2. The molecule has 15 heteroatoms. The van der Waals surface area contributed by atoms with Gasteiger partial charge in [-0.2, -0.15) is 0 Å². The maximum atomic E-state index is 14.7. The number of alkyl carbamates (subject to hydrolysis) is 1. The lowest BCUT2D eigenvalue weighted by Gasteiger charge is -2.35. The minimum Gasteiger partial charge on any atom is -0.473 e. The first-order chi connectivity index (χ1) is 26.1. The van der Waals surface area contributed by atoms with Crippen LogP contribution in [0, 0.1) is 17.3 Å². The Hall–Kier alpha value is -4.66. The number of carbonyl (C=O) groups excluding carboxylic acids is 4. The minimum atomic E-state index is -3.92. The number of nitrogens with one attached hydrogen (secondary N) is 3. The van der Waals surface area contributed by atoms with Crippen LogP contribution in [0.2, 0.25) is 0 Å². The van der Waals surface area contributed by atoms with Crippen LogP contribution in [0.5, 0.6) is 5.88 Å². The Morgan fingerprint density at radius 3 is 2.53 bits per heavy atom. The van der Waals surface area contributed by atoms with Crippen LogP contribution in [-0.2, 0) is 35.7 Å². The van der Waals surface area contributed by atoms with Crippen molar-refractivity contribution in [1.82, 2.24) is 24.8 Å². The number of nitrogens with zero attached hydrogens (tertiary/aromatic N) is 2. The van der Waals surface area contributed by atoms with Crippen LogP contribution in [0.15, 0.2) is 59.9 Å². The molecule has 7 rings (SSSR count). The van der Waals surface area contributed by atoms with Gasteiger partial charge >= 0.3 is 6.09 Å². The number of hydrogen-bond donors (Lipinski definition) is 3. The summed E-state index contributed by atoms with van der Waals surface area (Å²) in [5.74, 6) is -2.23. The van der Waals surface area contributed by atoms with Crippen LogP contribution in [-0.4, -0.2) is 83.3 Å². The van der Waals surface area contributed by atoms with Gasteiger partial charge in [0.1, 0.15) is 29.8 Å². The summed E-state index contributed by atoms with van der Waals surface area (Å²) in [4.78, 5) is 71.3. The molecule has 3 heterocycles. The fourth-order valence-electron chi connectivity index (χ4n) is 8.27. The maximum absolute atomic E-state index is 14.7. The van der Waals surface area contributed by atoms with Crippen LogP contribution in [0.25, 0.3) is 10.8 Å². The number of amides is 4. The fourth-order valence-corrected chi connectivity index (χ4v) is 9.64. The number of allylic oxidation sites excluding steroid dienone is 2. The number of fused-ring (bicyclic) bond motifs is 5. The van der Waals surface area contributed by atoms with E-state index in [1.165, 1.54) is 11.0 Å². The highest BCUT2D eigenvalue weighted by Gasteiger charge is 2.62. The van der Waals surface area contributed by atoms with E-state index in [-0.39, 0.29) is 42.8 Å². The molecule has 5 aliphatic rings. The van der Waals surface area contributed by atoms with Crippen molar-refractivity contribution in [3.63, 3.8) is 0 Å². The summed E-state index contributed by atoms with van der Waals surface area (Å²) in [6.45, 7) is 9.43. The normalized spacial score (nSPS) is 30.7. The molecule has 1 aromatic heterocycles. The zero-order valence-corrected chi connectivity index (χ0v) is 32.4. The van der Waals surface area contributed by atoms with Crippen molar-refractivity contribution < 1.29 is 37.1 Å². The first-order valence-corrected chi connectivity index (χ1v) is 20.9. The largest absolute Gasteiger partial charge is 0.473 e. The second kappa shape index (κ2) is 14.8. The molecule has 14 nitrogen and oxygen atoms in total. The monoisotopic (exact) mass is 777 g/mol. The third-order valence-electron chi connectivity index (χ3n) is 11.7. The van der Waals surface area contributed by atoms with Crippen LogP contribution < -0.4 is 25.7 Å². The van der Waals surface area contributed by atoms with Gasteiger partial charge in [-0.1, -0.05) is 57.2 Å². The zero-order chi connectivity index (χ0) is 39.3. The lowest BCUT2D eigenvalue weighted by atomic mass is 9.85. The smallest absolute Gasteiger partial charge is 0.408 e. The van der Waals surface area contributed by atoms with Crippen molar-refractivity contribution in [1.29, 1.82) is 0 Å². The third kappa shape index (κ3) is 7.90. The molecule has 0 unspecified atom stereocenters.